The molecule has 0 unspecified atom stereocenters. The number of rotatable bonds is 3. The highest BCUT2D eigenvalue weighted by molar-refractivity contribution is 9.10. The molecule has 0 radical (unpaired) electrons. The second-order valence-electron chi connectivity index (χ2n) is 3.45. The number of likely N-dealkylation sites (N-methyl/N-ethyl adjacent to an activating group) is 1. The molecule has 0 spiro atoms. The van der Waals surface area contributed by atoms with Gasteiger partial charge < -0.3 is 9.64 Å². The molecule has 0 saturated heterocycles. The molecule has 1 amide bonds. The Morgan fingerprint density at radius 2 is 2.12 bits per heavy atom. The van der Waals surface area contributed by atoms with E-state index < -0.39 is 0 Å². The zero-order valence-electron chi connectivity index (χ0n) is 9.53. The maximum atomic E-state index is 11.4. The first-order valence-corrected chi connectivity index (χ1v) is 5.57. The second kappa shape index (κ2) is 5.70. The Morgan fingerprint density at radius 3 is 2.69 bits per heavy atom. The zero-order valence-corrected chi connectivity index (χ0v) is 11.1. The van der Waals surface area contributed by atoms with Gasteiger partial charge in [0.2, 0.25) is 5.91 Å². The van der Waals surface area contributed by atoms with Crippen molar-refractivity contribution in [3.63, 3.8) is 0 Å². The van der Waals surface area contributed by atoms with E-state index in [1.54, 1.807) is 27.3 Å². The van der Waals surface area contributed by atoms with Crippen molar-refractivity contribution in [3.8, 4) is 5.75 Å². The molecule has 0 aromatic heterocycles. The summed E-state index contributed by atoms with van der Waals surface area (Å²) < 4.78 is 6.15. The lowest BCUT2D eigenvalue weighted by Gasteiger charge is -2.07. The molecular weight excluding hydrogens is 270 g/mol. The normalized spacial score (nSPS) is 10.5. The van der Waals surface area contributed by atoms with Crippen molar-refractivity contribution in [2.45, 2.75) is 0 Å². The summed E-state index contributed by atoms with van der Waals surface area (Å²) in [5, 5.41) is 0. The van der Waals surface area contributed by atoms with Crippen molar-refractivity contribution < 1.29 is 9.53 Å². The van der Waals surface area contributed by atoms with Gasteiger partial charge in [0, 0.05) is 30.2 Å². The fourth-order valence-electron chi connectivity index (χ4n) is 1.15. The minimum absolute atomic E-state index is 0.0537. The summed E-state index contributed by atoms with van der Waals surface area (Å²) in [5.41, 5.74) is 0.868. The topological polar surface area (TPSA) is 29.5 Å². The Balaban J connectivity index is 2.95. The van der Waals surface area contributed by atoms with Crippen LogP contribution in [0.15, 0.2) is 28.7 Å². The summed E-state index contributed by atoms with van der Waals surface area (Å²) in [6, 6.07) is 5.64. The number of hydrogen-bond donors (Lipinski definition) is 0. The SMILES string of the molecule is COc1ccc(Br)cc1C=CC(=O)N(C)C. The van der Waals surface area contributed by atoms with Crippen LogP contribution in [0.25, 0.3) is 6.08 Å². The second-order valence-corrected chi connectivity index (χ2v) is 4.37. The fourth-order valence-corrected chi connectivity index (χ4v) is 1.52. The molecule has 16 heavy (non-hydrogen) atoms. The number of carbonyl (C=O) groups is 1. The minimum Gasteiger partial charge on any atom is -0.496 e. The van der Waals surface area contributed by atoms with Crippen LogP contribution in [0.1, 0.15) is 5.56 Å². The molecule has 0 N–H and O–H groups in total. The maximum absolute atomic E-state index is 11.4. The molecule has 4 heteroatoms. The summed E-state index contributed by atoms with van der Waals surface area (Å²) in [6.45, 7) is 0. The van der Waals surface area contributed by atoms with Crippen LogP contribution in [0.5, 0.6) is 5.75 Å². The monoisotopic (exact) mass is 283 g/mol. The molecule has 0 aliphatic carbocycles. The molecule has 1 aromatic carbocycles. The number of nitrogens with zero attached hydrogens (tertiary/aromatic N) is 1. The predicted octanol–water partition coefficient (Wildman–Crippen LogP) is 2.56. The van der Waals surface area contributed by atoms with Gasteiger partial charge in [-0.05, 0) is 24.3 Å². The molecular formula is C12H14BrNO2. The number of ether oxygens (including phenoxy) is 1. The third-order valence-corrected chi connectivity index (χ3v) is 2.53. The number of methoxy groups -OCH3 is 1. The lowest BCUT2D eigenvalue weighted by Crippen LogP contribution is -2.18. The first-order valence-electron chi connectivity index (χ1n) is 4.77. The van der Waals surface area contributed by atoms with E-state index in [1.165, 1.54) is 11.0 Å². The standard InChI is InChI=1S/C12H14BrNO2/c1-14(2)12(15)7-4-9-8-10(13)5-6-11(9)16-3/h4-8H,1-3H3. The zero-order chi connectivity index (χ0) is 12.1. The Hall–Kier alpha value is -1.29. The Bertz CT molecular complexity index is 413. The first-order chi connectivity index (χ1) is 7.54. The van der Waals surface area contributed by atoms with Crippen LogP contribution >= 0.6 is 15.9 Å². The van der Waals surface area contributed by atoms with Gasteiger partial charge in [0.15, 0.2) is 0 Å². The van der Waals surface area contributed by atoms with Gasteiger partial charge in [0.1, 0.15) is 5.75 Å². The molecule has 0 aliphatic heterocycles. The molecule has 1 aromatic rings. The number of benzene rings is 1. The summed E-state index contributed by atoms with van der Waals surface area (Å²) in [4.78, 5) is 12.9. The van der Waals surface area contributed by atoms with E-state index in [0.29, 0.717) is 0 Å². The van der Waals surface area contributed by atoms with Crippen LogP contribution in [0, 0.1) is 0 Å². The van der Waals surface area contributed by atoms with E-state index in [0.717, 1.165) is 15.8 Å². The quantitative estimate of drug-likeness (QED) is 0.798. The van der Waals surface area contributed by atoms with Gasteiger partial charge in [0.05, 0.1) is 7.11 Å². The van der Waals surface area contributed by atoms with Gasteiger partial charge in [0.25, 0.3) is 0 Å². The summed E-state index contributed by atoms with van der Waals surface area (Å²) in [5.74, 6) is 0.688. The highest BCUT2D eigenvalue weighted by Gasteiger charge is 2.02. The van der Waals surface area contributed by atoms with Crippen LogP contribution in [-0.2, 0) is 4.79 Å². The molecule has 86 valence electrons. The van der Waals surface area contributed by atoms with Crippen molar-refractivity contribution in [1.82, 2.24) is 4.90 Å². The Kier molecular flexibility index (Phi) is 4.55. The highest BCUT2D eigenvalue weighted by atomic mass is 79.9. The van der Waals surface area contributed by atoms with Gasteiger partial charge in [-0.2, -0.15) is 0 Å². The lowest BCUT2D eigenvalue weighted by atomic mass is 10.2. The van der Waals surface area contributed by atoms with Crippen molar-refractivity contribution in [2.24, 2.45) is 0 Å². The van der Waals surface area contributed by atoms with E-state index in [1.807, 2.05) is 18.2 Å². The van der Waals surface area contributed by atoms with Crippen molar-refractivity contribution in [1.29, 1.82) is 0 Å². The highest BCUT2D eigenvalue weighted by Crippen LogP contribution is 2.24. The van der Waals surface area contributed by atoms with E-state index in [9.17, 15) is 4.79 Å². The van der Waals surface area contributed by atoms with Gasteiger partial charge in [-0.1, -0.05) is 15.9 Å². The molecule has 0 saturated carbocycles. The summed E-state index contributed by atoms with van der Waals surface area (Å²) in [7, 11) is 5.03. The predicted molar refractivity (Wildman–Crippen MR) is 68.4 cm³/mol. The summed E-state index contributed by atoms with van der Waals surface area (Å²) in [6.07, 6.45) is 3.26. The maximum Gasteiger partial charge on any atom is 0.246 e. The number of carbonyl (C=O) groups excluding carboxylic acids is 1. The minimum atomic E-state index is -0.0537. The Morgan fingerprint density at radius 1 is 1.44 bits per heavy atom. The van der Waals surface area contributed by atoms with Crippen LogP contribution in [-0.4, -0.2) is 32.0 Å². The molecule has 0 bridgehead atoms. The number of hydrogen-bond acceptors (Lipinski definition) is 2. The van der Waals surface area contributed by atoms with E-state index in [2.05, 4.69) is 15.9 Å². The first kappa shape index (κ1) is 12.8. The van der Waals surface area contributed by atoms with Crippen LogP contribution in [0.3, 0.4) is 0 Å². The summed E-state index contributed by atoms with van der Waals surface area (Å²) >= 11 is 3.38. The molecule has 3 nitrogen and oxygen atoms in total. The average Bonchev–Trinajstić information content (AvgIpc) is 2.25. The van der Waals surface area contributed by atoms with Gasteiger partial charge in [-0.15, -0.1) is 0 Å². The molecule has 1 rings (SSSR count). The lowest BCUT2D eigenvalue weighted by molar-refractivity contribution is -0.123. The third-order valence-electron chi connectivity index (χ3n) is 2.04. The van der Waals surface area contributed by atoms with E-state index in [4.69, 9.17) is 4.74 Å². The molecule has 0 fully saturated rings. The molecule has 0 aliphatic rings. The number of halogens is 1. The molecule has 0 atom stereocenters. The van der Waals surface area contributed by atoms with Crippen molar-refractivity contribution >= 4 is 27.9 Å². The van der Waals surface area contributed by atoms with Crippen molar-refractivity contribution in [3.05, 3.63) is 34.3 Å². The van der Waals surface area contributed by atoms with E-state index >= 15 is 0 Å². The molecule has 0 heterocycles. The fraction of sp³-hybridized carbons (Fsp3) is 0.250. The van der Waals surface area contributed by atoms with Gasteiger partial charge in [-0.3, -0.25) is 4.79 Å². The van der Waals surface area contributed by atoms with Crippen molar-refractivity contribution in [2.75, 3.05) is 21.2 Å². The van der Waals surface area contributed by atoms with Crippen LogP contribution < -0.4 is 4.74 Å². The van der Waals surface area contributed by atoms with Gasteiger partial charge in [-0.25, -0.2) is 0 Å². The Labute approximate surface area is 104 Å². The third kappa shape index (κ3) is 3.38. The van der Waals surface area contributed by atoms with Gasteiger partial charge >= 0.3 is 0 Å². The number of amides is 1. The largest absolute Gasteiger partial charge is 0.496 e. The van der Waals surface area contributed by atoms with Crippen LogP contribution in [0.4, 0.5) is 0 Å². The van der Waals surface area contributed by atoms with E-state index in [-0.39, 0.29) is 5.91 Å². The smallest absolute Gasteiger partial charge is 0.246 e. The average molecular weight is 284 g/mol. The van der Waals surface area contributed by atoms with Crippen LogP contribution in [0.2, 0.25) is 0 Å².